The van der Waals surface area contributed by atoms with Crippen molar-refractivity contribution >= 4 is 17.0 Å². The number of rotatable bonds is 2. The number of piperidine rings is 1. The molecule has 4 rings (SSSR count). The van der Waals surface area contributed by atoms with E-state index in [1.54, 1.807) is 0 Å². The Morgan fingerprint density at radius 3 is 2.67 bits per heavy atom. The van der Waals surface area contributed by atoms with Gasteiger partial charge in [0.25, 0.3) is 0 Å². The van der Waals surface area contributed by atoms with Gasteiger partial charge in [-0.2, -0.15) is 0 Å². The van der Waals surface area contributed by atoms with Crippen LogP contribution in [-0.4, -0.2) is 35.2 Å². The van der Waals surface area contributed by atoms with Gasteiger partial charge in [-0.05, 0) is 50.3 Å². The molecule has 0 bridgehead atoms. The van der Waals surface area contributed by atoms with E-state index < -0.39 is 0 Å². The zero-order valence-electron chi connectivity index (χ0n) is 12.8. The smallest absolute Gasteiger partial charge is 0.206 e. The van der Waals surface area contributed by atoms with Gasteiger partial charge in [0, 0.05) is 26.2 Å². The van der Waals surface area contributed by atoms with Crippen LogP contribution < -0.4 is 10.2 Å². The van der Waals surface area contributed by atoms with Crippen LogP contribution in [0.25, 0.3) is 11.0 Å². The van der Waals surface area contributed by atoms with Crippen molar-refractivity contribution in [2.24, 2.45) is 13.0 Å². The second-order valence-electron chi connectivity index (χ2n) is 6.49. The molecule has 0 amide bonds. The van der Waals surface area contributed by atoms with Crippen molar-refractivity contribution in [3.8, 4) is 0 Å². The molecule has 0 saturated carbocycles. The first-order chi connectivity index (χ1) is 10.3. The lowest BCUT2D eigenvalue weighted by Crippen LogP contribution is -2.41. The van der Waals surface area contributed by atoms with Gasteiger partial charge in [0.05, 0.1) is 11.0 Å². The van der Waals surface area contributed by atoms with Gasteiger partial charge in [-0.15, -0.1) is 0 Å². The summed E-state index contributed by atoms with van der Waals surface area (Å²) in [6.07, 6.45) is 5.31. The zero-order chi connectivity index (χ0) is 14.2. The third kappa shape index (κ3) is 2.31. The number of hydrogen-bond acceptors (Lipinski definition) is 3. The predicted molar refractivity (Wildman–Crippen MR) is 86.7 cm³/mol. The highest BCUT2D eigenvalue weighted by Gasteiger charge is 2.29. The lowest BCUT2D eigenvalue weighted by molar-refractivity contribution is 0.317. The molecule has 112 valence electrons. The number of nitrogens with zero attached hydrogens (tertiary/aromatic N) is 3. The minimum absolute atomic E-state index is 0.771. The SMILES string of the molecule is Cn1c(N2CCC(C3CCCN3)CC2)nc2ccccc21. The van der Waals surface area contributed by atoms with E-state index in [0.717, 1.165) is 36.5 Å². The van der Waals surface area contributed by atoms with Crippen LogP contribution in [0.15, 0.2) is 24.3 Å². The topological polar surface area (TPSA) is 33.1 Å². The van der Waals surface area contributed by atoms with Crippen molar-refractivity contribution < 1.29 is 0 Å². The van der Waals surface area contributed by atoms with E-state index in [0.29, 0.717) is 0 Å². The standard InChI is InChI=1S/C17H24N4/c1-20-16-7-3-2-5-15(16)19-17(20)21-11-8-13(9-12-21)14-6-4-10-18-14/h2-3,5,7,13-14,18H,4,6,8-12H2,1H3. The molecule has 2 fully saturated rings. The number of imidazole rings is 1. The summed E-state index contributed by atoms with van der Waals surface area (Å²) in [5, 5.41) is 3.67. The molecule has 0 spiro atoms. The van der Waals surface area contributed by atoms with Crippen LogP contribution in [0.3, 0.4) is 0 Å². The van der Waals surface area contributed by atoms with Crippen molar-refractivity contribution in [2.75, 3.05) is 24.5 Å². The van der Waals surface area contributed by atoms with Gasteiger partial charge in [-0.25, -0.2) is 4.98 Å². The molecule has 2 saturated heterocycles. The summed E-state index contributed by atoms with van der Waals surface area (Å²) >= 11 is 0. The molecule has 4 nitrogen and oxygen atoms in total. The molecular formula is C17H24N4. The summed E-state index contributed by atoms with van der Waals surface area (Å²) in [5.74, 6) is 1.99. The molecule has 2 aliphatic heterocycles. The first-order valence-electron chi connectivity index (χ1n) is 8.23. The molecular weight excluding hydrogens is 260 g/mol. The minimum atomic E-state index is 0.771. The lowest BCUT2D eigenvalue weighted by Gasteiger charge is -2.35. The number of hydrogen-bond donors (Lipinski definition) is 1. The number of fused-ring (bicyclic) bond motifs is 1. The van der Waals surface area contributed by atoms with E-state index in [9.17, 15) is 0 Å². The second kappa shape index (κ2) is 5.34. The van der Waals surface area contributed by atoms with Crippen molar-refractivity contribution in [1.29, 1.82) is 0 Å². The summed E-state index contributed by atoms with van der Waals surface area (Å²) < 4.78 is 2.24. The fraction of sp³-hybridized carbons (Fsp3) is 0.588. The highest BCUT2D eigenvalue weighted by molar-refractivity contribution is 5.78. The summed E-state index contributed by atoms with van der Waals surface area (Å²) in [5.41, 5.74) is 2.33. The lowest BCUT2D eigenvalue weighted by atomic mass is 9.89. The highest BCUT2D eigenvalue weighted by atomic mass is 15.3. The maximum atomic E-state index is 4.83. The predicted octanol–water partition coefficient (Wildman–Crippen LogP) is 2.54. The van der Waals surface area contributed by atoms with Crippen LogP contribution in [0.4, 0.5) is 5.95 Å². The quantitative estimate of drug-likeness (QED) is 0.920. The van der Waals surface area contributed by atoms with Gasteiger partial charge in [-0.1, -0.05) is 12.1 Å². The third-order valence-electron chi connectivity index (χ3n) is 5.25. The van der Waals surface area contributed by atoms with E-state index >= 15 is 0 Å². The number of para-hydroxylation sites is 2. The molecule has 1 N–H and O–H groups in total. The molecule has 1 unspecified atom stereocenters. The van der Waals surface area contributed by atoms with Crippen LogP contribution in [0.1, 0.15) is 25.7 Å². The largest absolute Gasteiger partial charge is 0.342 e. The average molecular weight is 284 g/mol. The molecule has 2 aromatic rings. The maximum Gasteiger partial charge on any atom is 0.206 e. The summed E-state index contributed by atoms with van der Waals surface area (Å²) in [7, 11) is 2.13. The first kappa shape index (κ1) is 13.1. The van der Waals surface area contributed by atoms with Gasteiger partial charge >= 0.3 is 0 Å². The Bertz CT molecular complexity index is 619. The van der Waals surface area contributed by atoms with Crippen molar-refractivity contribution in [1.82, 2.24) is 14.9 Å². The molecule has 4 heteroatoms. The van der Waals surface area contributed by atoms with Crippen LogP contribution >= 0.6 is 0 Å². The van der Waals surface area contributed by atoms with Crippen LogP contribution in [-0.2, 0) is 7.05 Å². The fourth-order valence-electron chi connectivity index (χ4n) is 4.03. The average Bonchev–Trinajstić information content (AvgIpc) is 3.17. The maximum absolute atomic E-state index is 4.83. The van der Waals surface area contributed by atoms with E-state index in [4.69, 9.17) is 4.98 Å². The molecule has 1 atom stereocenters. The summed E-state index contributed by atoms with van der Waals surface area (Å²) in [6.45, 7) is 3.50. The Kier molecular flexibility index (Phi) is 3.34. The van der Waals surface area contributed by atoms with Crippen molar-refractivity contribution in [3.05, 3.63) is 24.3 Å². The fourth-order valence-corrected chi connectivity index (χ4v) is 4.03. The van der Waals surface area contributed by atoms with Gasteiger partial charge in [0.1, 0.15) is 0 Å². The monoisotopic (exact) mass is 284 g/mol. The second-order valence-corrected chi connectivity index (χ2v) is 6.49. The van der Waals surface area contributed by atoms with E-state index in [2.05, 4.69) is 46.1 Å². The number of aryl methyl sites for hydroxylation is 1. The molecule has 0 aliphatic carbocycles. The van der Waals surface area contributed by atoms with Crippen LogP contribution in [0, 0.1) is 5.92 Å². The Labute approximate surface area is 126 Å². The van der Waals surface area contributed by atoms with Gasteiger partial charge < -0.3 is 14.8 Å². The zero-order valence-corrected chi connectivity index (χ0v) is 12.8. The molecule has 1 aromatic heterocycles. The highest BCUT2D eigenvalue weighted by Crippen LogP contribution is 2.29. The van der Waals surface area contributed by atoms with Crippen molar-refractivity contribution in [3.63, 3.8) is 0 Å². The molecule has 2 aliphatic rings. The Hall–Kier alpha value is -1.55. The Morgan fingerprint density at radius 1 is 1.14 bits per heavy atom. The number of aromatic nitrogens is 2. The van der Waals surface area contributed by atoms with Gasteiger partial charge in [0.15, 0.2) is 0 Å². The third-order valence-corrected chi connectivity index (χ3v) is 5.25. The molecule has 1 aromatic carbocycles. The molecule has 3 heterocycles. The Balaban J connectivity index is 1.50. The van der Waals surface area contributed by atoms with Gasteiger partial charge in [0.2, 0.25) is 5.95 Å². The van der Waals surface area contributed by atoms with Crippen LogP contribution in [0.2, 0.25) is 0 Å². The normalized spacial score (nSPS) is 24.0. The van der Waals surface area contributed by atoms with E-state index in [-0.39, 0.29) is 0 Å². The number of anilines is 1. The number of benzene rings is 1. The minimum Gasteiger partial charge on any atom is -0.342 e. The molecule has 0 radical (unpaired) electrons. The summed E-state index contributed by atoms with van der Waals surface area (Å²) in [6, 6.07) is 9.19. The van der Waals surface area contributed by atoms with E-state index in [1.807, 2.05) is 0 Å². The van der Waals surface area contributed by atoms with E-state index in [1.165, 1.54) is 37.7 Å². The molecule has 21 heavy (non-hydrogen) atoms. The van der Waals surface area contributed by atoms with Gasteiger partial charge in [-0.3, -0.25) is 0 Å². The van der Waals surface area contributed by atoms with Crippen LogP contribution in [0.5, 0.6) is 0 Å². The Morgan fingerprint density at radius 2 is 1.95 bits per heavy atom. The van der Waals surface area contributed by atoms with Crippen molar-refractivity contribution in [2.45, 2.75) is 31.7 Å². The number of nitrogens with one attached hydrogen (secondary N) is 1. The first-order valence-corrected chi connectivity index (χ1v) is 8.23. The summed E-state index contributed by atoms with van der Waals surface area (Å²) in [4.78, 5) is 7.30.